The lowest BCUT2D eigenvalue weighted by Crippen LogP contribution is -2.28. The minimum Gasteiger partial charge on any atom is -0.193 e. The first-order chi connectivity index (χ1) is 18.6. The SMILES string of the molecule is C=C(/C=C(\C)C#N)c1cccc(-c2ccc3c(c2)-c2ccccc2C3(c2ccccc2)c2ccccc2)c1. The second-order valence-corrected chi connectivity index (χ2v) is 9.83. The minimum absolute atomic E-state index is 0.386. The van der Waals surface area contributed by atoms with Crippen LogP contribution in [0.15, 0.2) is 146 Å². The van der Waals surface area contributed by atoms with Crippen molar-refractivity contribution in [3.8, 4) is 28.3 Å². The molecule has 0 spiro atoms. The van der Waals surface area contributed by atoms with Gasteiger partial charge in [0.2, 0.25) is 0 Å². The number of nitrogens with zero attached hydrogens (tertiary/aromatic N) is 1. The van der Waals surface area contributed by atoms with E-state index in [1.807, 2.05) is 12.1 Å². The lowest BCUT2D eigenvalue weighted by molar-refractivity contribution is 0.768. The molecule has 1 nitrogen and oxygen atoms in total. The number of allylic oxidation sites excluding steroid dienone is 3. The van der Waals surface area contributed by atoms with E-state index in [1.54, 1.807) is 6.92 Å². The maximum atomic E-state index is 9.18. The van der Waals surface area contributed by atoms with E-state index in [9.17, 15) is 5.26 Å². The highest BCUT2D eigenvalue weighted by molar-refractivity contribution is 5.89. The van der Waals surface area contributed by atoms with Gasteiger partial charge in [-0.1, -0.05) is 122 Å². The highest BCUT2D eigenvalue weighted by Crippen LogP contribution is 2.56. The summed E-state index contributed by atoms with van der Waals surface area (Å²) in [6.07, 6.45) is 1.84. The summed E-state index contributed by atoms with van der Waals surface area (Å²) in [6.45, 7) is 6.00. The summed E-state index contributed by atoms with van der Waals surface area (Å²) in [7, 11) is 0. The van der Waals surface area contributed by atoms with E-state index in [1.165, 1.54) is 33.4 Å². The van der Waals surface area contributed by atoms with Gasteiger partial charge in [0.25, 0.3) is 0 Å². The summed E-state index contributed by atoms with van der Waals surface area (Å²) in [4.78, 5) is 0. The van der Waals surface area contributed by atoms with Gasteiger partial charge in [-0.3, -0.25) is 0 Å². The topological polar surface area (TPSA) is 23.8 Å². The first kappa shape index (κ1) is 23.5. The molecule has 0 bridgehead atoms. The van der Waals surface area contributed by atoms with Gasteiger partial charge in [-0.05, 0) is 80.8 Å². The number of hydrogen-bond donors (Lipinski definition) is 0. The summed E-state index contributed by atoms with van der Waals surface area (Å²) in [6, 6.07) is 48.0. The smallest absolute Gasteiger partial charge is 0.0944 e. The fourth-order valence-corrected chi connectivity index (χ4v) is 5.90. The van der Waals surface area contributed by atoms with E-state index in [0.29, 0.717) is 5.57 Å². The van der Waals surface area contributed by atoms with Crippen molar-refractivity contribution >= 4 is 5.57 Å². The van der Waals surface area contributed by atoms with Crippen LogP contribution in [0.5, 0.6) is 0 Å². The third-order valence-corrected chi connectivity index (χ3v) is 7.59. The maximum Gasteiger partial charge on any atom is 0.0944 e. The summed E-state index contributed by atoms with van der Waals surface area (Å²) < 4.78 is 0. The van der Waals surface area contributed by atoms with Gasteiger partial charge in [0, 0.05) is 5.57 Å². The van der Waals surface area contributed by atoms with Crippen LogP contribution in [0, 0.1) is 11.3 Å². The lowest BCUT2D eigenvalue weighted by atomic mass is 9.67. The van der Waals surface area contributed by atoms with Gasteiger partial charge in [0.05, 0.1) is 11.5 Å². The zero-order valence-electron chi connectivity index (χ0n) is 21.4. The Morgan fingerprint density at radius 2 is 1.26 bits per heavy atom. The van der Waals surface area contributed by atoms with E-state index < -0.39 is 0 Å². The van der Waals surface area contributed by atoms with Crippen molar-refractivity contribution in [3.63, 3.8) is 0 Å². The summed E-state index contributed by atoms with van der Waals surface area (Å²) in [5, 5.41) is 9.18. The Morgan fingerprint density at radius 3 is 1.95 bits per heavy atom. The molecule has 0 heterocycles. The van der Waals surface area contributed by atoms with E-state index in [4.69, 9.17) is 0 Å². The second-order valence-electron chi connectivity index (χ2n) is 9.83. The van der Waals surface area contributed by atoms with Crippen molar-refractivity contribution in [1.82, 2.24) is 0 Å². The Labute approximate surface area is 224 Å². The summed E-state index contributed by atoms with van der Waals surface area (Å²) >= 11 is 0. The van der Waals surface area contributed by atoms with Gasteiger partial charge >= 0.3 is 0 Å². The van der Waals surface area contributed by atoms with E-state index in [0.717, 1.165) is 22.3 Å². The largest absolute Gasteiger partial charge is 0.193 e. The molecule has 0 fully saturated rings. The average Bonchev–Trinajstić information content (AvgIpc) is 3.28. The van der Waals surface area contributed by atoms with Crippen molar-refractivity contribution in [2.45, 2.75) is 12.3 Å². The molecule has 5 aromatic carbocycles. The van der Waals surface area contributed by atoms with Crippen LogP contribution in [0.25, 0.3) is 27.8 Å². The lowest BCUT2D eigenvalue weighted by Gasteiger charge is -2.33. The number of hydrogen-bond acceptors (Lipinski definition) is 1. The van der Waals surface area contributed by atoms with Gasteiger partial charge in [-0.15, -0.1) is 0 Å². The minimum atomic E-state index is -0.386. The van der Waals surface area contributed by atoms with Crippen LogP contribution in [-0.2, 0) is 5.41 Å². The van der Waals surface area contributed by atoms with Crippen LogP contribution in [-0.4, -0.2) is 0 Å². The van der Waals surface area contributed by atoms with Gasteiger partial charge in [-0.2, -0.15) is 5.26 Å². The standard InChI is InChI=1S/C37H27N/c1-26(25-38)22-27(2)28-12-11-13-29(23-28)30-20-21-36-34(24-30)33-18-9-10-19-35(33)37(36,31-14-5-3-6-15-31)32-16-7-4-8-17-32/h3-24H,2H2,1H3/b26-22+. The number of nitriles is 1. The van der Waals surface area contributed by atoms with Gasteiger partial charge < -0.3 is 0 Å². The normalized spacial score (nSPS) is 13.3. The van der Waals surface area contributed by atoms with Crippen molar-refractivity contribution in [1.29, 1.82) is 5.26 Å². The Balaban J connectivity index is 1.57. The highest BCUT2D eigenvalue weighted by Gasteiger charge is 2.45. The zero-order chi connectivity index (χ0) is 26.1. The van der Waals surface area contributed by atoms with Crippen molar-refractivity contribution in [3.05, 3.63) is 173 Å². The van der Waals surface area contributed by atoms with Crippen LogP contribution in [0.4, 0.5) is 0 Å². The fourth-order valence-electron chi connectivity index (χ4n) is 5.90. The summed E-state index contributed by atoms with van der Waals surface area (Å²) in [5.74, 6) is 0. The highest BCUT2D eigenvalue weighted by atomic mass is 14.5. The van der Waals surface area contributed by atoms with Gasteiger partial charge in [-0.25, -0.2) is 0 Å². The molecule has 0 saturated heterocycles. The monoisotopic (exact) mass is 485 g/mol. The molecule has 5 aromatic rings. The number of fused-ring (bicyclic) bond motifs is 3. The molecule has 0 radical (unpaired) electrons. The molecule has 1 aliphatic carbocycles. The van der Waals surface area contributed by atoms with Gasteiger partial charge in [0.1, 0.15) is 0 Å². The first-order valence-electron chi connectivity index (χ1n) is 12.9. The molecule has 1 heteroatoms. The Bertz CT molecular complexity index is 1690. The van der Waals surface area contributed by atoms with Crippen molar-refractivity contribution in [2.75, 3.05) is 0 Å². The molecule has 1 aliphatic rings. The average molecular weight is 486 g/mol. The van der Waals surface area contributed by atoms with Crippen LogP contribution < -0.4 is 0 Å². The molecule has 0 aliphatic heterocycles. The third kappa shape index (κ3) is 3.71. The number of benzene rings is 5. The van der Waals surface area contributed by atoms with Crippen LogP contribution in [0.2, 0.25) is 0 Å². The fraction of sp³-hybridized carbons (Fsp3) is 0.0541. The first-order valence-corrected chi connectivity index (χ1v) is 12.9. The molecule has 38 heavy (non-hydrogen) atoms. The van der Waals surface area contributed by atoms with Crippen LogP contribution >= 0.6 is 0 Å². The van der Waals surface area contributed by atoms with Crippen molar-refractivity contribution in [2.24, 2.45) is 0 Å². The molecule has 0 aromatic heterocycles. The summed E-state index contributed by atoms with van der Waals surface area (Å²) in [5.41, 5.74) is 12.1. The molecule has 0 saturated carbocycles. The molecule has 0 amide bonds. The third-order valence-electron chi connectivity index (χ3n) is 7.59. The van der Waals surface area contributed by atoms with Crippen LogP contribution in [0.3, 0.4) is 0 Å². The molecular formula is C37H27N. The van der Waals surface area contributed by atoms with Crippen molar-refractivity contribution < 1.29 is 0 Å². The molecule has 180 valence electrons. The predicted octanol–water partition coefficient (Wildman–Crippen LogP) is 9.20. The molecule has 0 N–H and O–H groups in total. The van der Waals surface area contributed by atoms with E-state index in [-0.39, 0.29) is 5.41 Å². The Morgan fingerprint density at radius 1 is 0.658 bits per heavy atom. The zero-order valence-corrected chi connectivity index (χ0v) is 21.4. The quantitative estimate of drug-likeness (QED) is 0.176. The molecular weight excluding hydrogens is 458 g/mol. The molecule has 0 unspecified atom stereocenters. The number of rotatable bonds is 5. The molecule has 6 rings (SSSR count). The second kappa shape index (κ2) is 9.51. The predicted molar refractivity (Wildman–Crippen MR) is 158 cm³/mol. The molecule has 0 atom stereocenters. The maximum absolute atomic E-state index is 9.18. The van der Waals surface area contributed by atoms with E-state index in [2.05, 4.69) is 134 Å². The van der Waals surface area contributed by atoms with Gasteiger partial charge in [0.15, 0.2) is 0 Å². The Kier molecular flexibility index (Phi) is 5.87. The van der Waals surface area contributed by atoms with Crippen LogP contribution in [0.1, 0.15) is 34.7 Å². The van der Waals surface area contributed by atoms with E-state index >= 15 is 0 Å². The Hall–Kier alpha value is -4.93.